The van der Waals surface area contributed by atoms with Crippen LogP contribution in [-0.2, 0) is 30.3 Å². The van der Waals surface area contributed by atoms with E-state index in [1.54, 1.807) is 18.2 Å². The number of hydrogen-bond donors (Lipinski definition) is 3. The van der Waals surface area contributed by atoms with Crippen molar-refractivity contribution in [3.05, 3.63) is 101 Å². The molecule has 0 unspecified atom stereocenters. The van der Waals surface area contributed by atoms with E-state index in [1.807, 2.05) is 0 Å². The first kappa shape index (κ1) is 33.2. The van der Waals surface area contributed by atoms with E-state index in [1.165, 1.54) is 48.5 Å². The lowest BCUT2D eigenvalue weighted by atomic mass is 10.0. The van der Waals surface area contributed by atoms with Gasteiger partial charge >= 0.3 is 12.1 Å². The maximum Gasteiger partial charge on any atom is 0.411 e. The number of nitrogens with one attached hydrogen (secondary N) is 3. The molecule has 0 bridgehead atoms. The SMILES string of the molecule is COC(=O)CCOC(=O)Nc1ccc(NC(=O)[C@H](Cc2cc(F)cc(F)c2)NC(=O)/C=C/c2cc(Cl)ccc2-n2cnnn2)cc1. The Morgan fingerprint density at radius 3 is 2.33 bits per heavy atom. The number of amides is 3. The maximum absolute atomic E-state index is 13.9. The van der Waals surface area contributed by atoms with Crippen LogP contribution in [0.15, 0.2) is 73.1 Å². The van der Waals surface area contributed by atoms with Gasteiger partial charge in [0.05, 0.1) is 19.2 Å². The minimum absolute atomic E-state index is 0.104. The van der Waals surface area contributed by atoms with Crippen LogP contribution in [0.2, 0.25) is 5.02 Å². The lowest BCUT2D eigenvalue weighted by molar-refractivity contribution is -0.141. The number of anilines is 2. The van der Waals surface area contributed by atoms with Crippen molar-refractivity contribution in [1.82, 2.24) is 25.5 Å². The Bertz CT molecular complexity index is 1720. The second kappa shape index (κ2) is 15.9. The summed E-state index contributed by atoms with van der Waals surface area (Å²) in [5, 5.41) is 19.1. The largest absolute Gasteiger partial charge is 0.469 e. The van der Waals surface area contributed by atoms with Gasteiger partial charge < -0.3 is 20.1 Å². The minimum Gasteiger partial charge on any atom is -0.469 e. The highest BCUT2D eigenvalue weighted by Gasteiger charge is 2.22. The molecule has 4 aromatic rings. The highest BCUT2D eigenvalue weighted by Crippen LogP contribution is 2.21. The first-order chi connectivity index (χ1) is 22.1. The van der Waals surface area contributed by atoms with Crippen LogP contribution >= 0.6 is 11.6 Å². The van der Waals surface area contributed by atoms with Crippen LogP contribution < -0.4 is 16.0 Å². The Morgan fingerprint density at radius 2 is 1.67 bits per heavy atom. The number of methoxy groups -OCH3 is 1. The Kier molecular flexibility index (Phi) is 11.4. The van der Waals surface area contributed by atoms with Crippen LogP contribution in [0.3, 0.4) is 0 Å². The summed E-state index contributed by atoms with van der Waals surface area (Å²) in [6.07, 6.45) is 2.82. The molecule has 238 valence electrons. The summed E-state index contributed by atoms with van der Waals surface area (Å²) in [5.41, 5.74) is 1.76. The molecule has 0 aliphatic rings. The summed E-state index contributed by atoms with van der Waals surface area (Å²) in [4.78, 5) is 49.3. The number of hydrogen-bond acceptors (Lipinski definition) is 9. The van der Waals surface area contributed by atoms with Gasteiger partial charge in [-0.05, 0) is 76.7 Å². The third-order valence-corrected chi connectivity index (χ3v) is 6.40. The molecule has 0 fully saturated rings. The van der Waals surface area contributed by atoms with Crippen molar-refractivity contribution in [3.63, 3.8) is 0 Å². The fourth-order valence-corrected chi connectivity index (χ4v) is 4.23. The zero-order chi connectivity index (χ0) is 33.1. The van der Waals surface area contributed by atoms with Crippen molar-refractivity contribution in [3.8, 4) is 5.69 Å². The quantitative estimate of drug-likeness (QED) is 0.151. The van der Waals surface area contributed by atoms with E-state index in [4.69, 9.17) is 16.3 Å². The average molecular weight is 654 g/mol. The molecule has 1 atom stereocenters. The van der Waals surface area contributed by atoms with Crippen LogP contribution in [0.1, 0.15) is 17.5 Å². The van der Waals surface area contributed by atoms with Crippen molar-refractivity contribution in [2.24, 2.45) is 0 Å². The van der Waals surface area contributed by atoms with Crippen molar-refractivity contribution in [2.45, 2.75) is 18.9 Å². The summed E-state index contributed by atoms with van der Waals surface area (Å²) >= 11 is 6.13. The highest BCUT2D eigenvalue weighted by molar-refractivity contribution is 6.30. The monoisotopic (exact) mass is 653 g/mol. The van der Waals surface area contributed by atoms with Crippen molar-refractivity contribution in [2.75, 3.05) is 24.4 Å². The Morgan fingerprint density at radius 1 is 0.978 bits per heavy atom. The number of esters is 1. The van der Waals surface area contributed by atoms with Gasteiger partial charge in [0.15, 0.2) is 0 Å². The van der Waals surface area contributed by atoms with Gasteiger partial charge in [-0.3, -0.25) is 19.7 Å². The molecule has 0 radical (unpaired) electrons. The first-order valence-corrected chi connectivity index (χ1v) is 13.9. The number of carbonyl (C=O) groups is 4. The molecule has 0 aliphatic carbocycles. The van der Waals surface area contributed by atoms with Crippen LogP contribution in [0.5, 0.6) is 0 Å². The van der Waals surface area contributed by atoms with Gasteiger partial charge in [0.2, 0.25) is 11.8 Å². The van der Waals surface area contributed by atoms with E-state index in [2.05, 4.69) is 36.2 Å². The number of aromatic nitrogens is 4. The van der Waals surface area contributed by atoms with E-state index in [-0.39, 0.29) is 25.0 Å². The smallest absolute Gasteiger partial charge is 0.411 e. The molecule has 3 N–H and O–H groups in total. The Hall–Kier alpha value is -5.70. The van der Waals surface area contributed by atoms with E-state index in [0.717, 1.165) is 18.2 Å². The molecule has 4 rings (SSSR count). The minimum atomic E-state index is -1.26. The molecule has 0 saturated heterocycles. The fourth-order valence-electron chi connectivity index (χ4n) is 4.05. The van der Waals surface area contributed by atoms with Crippen LogP contribution in [0.4, 0.5) is 25.0 Å². The third kappa shape index (κ3) is 9.92. The van der Waals surface area contributed by atoms with Gasteiger partial charge in [-0.15, -0.1) is 5.10 Å². The van der Waals surface area contributed by atoms with Crippen molar-refractivity contribution in [1.29, 1.82) is 0 Å². The van der Waals surface area contributed by atoms with E-state index in [9.17, 15) is 28.0 Å². The third-order valence-electron chi connectivity index (χ3n) is 6.16. The molecule has 0 saturated carbocycles. The molecule has 16 heteroatoms. The number of nitrogens with zero attached hydrogens (tertiary/aromatic N) is 4. The van der Waals surface area contributed by atoms with Crippen LogP contribution in [0.25, 0.3) is 11.8 Å². The van der Waals surface area contributed by atoms with Gasteiger partial charge in [0.1, 0.15) is 30.6 Å². The molecule has 0 aliphatic heterocycles. The second-order valence-corrected chi connectivity index (χ2v) is 9.92. The number of tetrazole rings is 1. The normalized spacial score (nSPS) is 11.5. The molecule has 1 heterocycles. The summed E-state index contributed by atoms with van der Waals surface area (Å²) in [7, 11) is 1.22. The first-order valence-electron chi connectivity index (χ1n) is 13.5. The summed E-state index contributed by atoms with van der Waals surface area (Å²) in [6.45, 7) is -0.177. The molecular formula is C30H26ClF2N7O6. The van der Waals surface area contributed by atoms with Gasteiger partial charge in [-0.25, -0.2) is 13.6 Å². The van der Waals surface area contributed by atoms with E-state index >= 15 is 0 Å². The lowest BCUT2D eigenvalue weighted by Gasteiger charge is -2.18. The zero-order valence-electron chi connectivity index (χ0n) is 24.1. The van der Waals surface area contributed by atoms with E-state index in [0.29, 0.717) is 33.7 Å². The summed E-state index contributed by atoms with van der Waals surface area (Å²) in [6, 6.07) is 12.3. The molecule has 0 spiro atoms. The van der Waals surface area contributed by atoms with Gasteiger partial charge in [-0.1, -0.05) is 11.6 Å². The number of benzene rings is 3. The summed E-state index contributed by atoms with van der Waals surface area (Å²) in [5.74, 6) is -3.60. The Labute approximate surface area is 265 Å². The number of rotatable bonds is 12. The zero-order valence-corrected chi connectivity index (χ0v) is 24.8. The molecule has 13 nitrogen and oxygen atoms in total. The second-order valence-electron chi connectivity index (χ2n) is 9.49. The van der Waals surface area contributed by atoms with Crippen molar-refractivity contribution < 1.29 is 37.4 Å². The van der Waals surface area contributed by atoms with Gasteiger partial charge in [-0.2, -0.15) is 4.68 Å². The van der Waals surface area contributed by atoms with Crippen molar-refractivity contribution >= 4 is 52.9 Å². The molecular weight excluding hydrogens is 628 g/mol. The molecule has 3 amide bonds. The number of ether oxygens (including phenoxy) is 2. The predicted molar refractivity (Wildman–Crippen MR) is 162 cm³/mol. The predicted octanol–water partition coefficient (Wildman–Crippen LogP) is 4.08. The Balaban J connectivity index is 1.45. The fraction of sp³-hybridized carbons (Fsp3) is 0.167. The van der Waals surface area contributed by atoms with E-state index < -0.39 is 41.6 Å². The van der Waals surface area contributed by atoms with Crippen LogP contribution in [-0.4, -0.2) is 63.8 Å². The van der Waals surface area contributed by atoms with Gasteiger partial charge in [0, 0.05) is 40.5 Å². The van der Waals surface area contributed by atoms with Crippen LogP contribution in [0, 0.1) is 11.6 Å². The molecule has 46 heavy (non-hydrogen) atoms. The average Bonchev–Trinajstić information content (AvgIpc) is 3.55. The lowest BCUT2D eigenvalue weighted by Crippen LogP contribution is -2.44. The maximum atomic E-state index is 13.9. The standard InChI is InChI=1S/C30H26ClF2N7O6/c1-45-28(42)10-11-46-30(44)36-24-6-4-23(5-7-24)35-29(43)25(14-18-12-21(32)16-22(33)13-18)37-27(41)9-2-19-15-20(31)3-8-26(19)40-17-34-38-39-40/h2-9,12-13,15-17,25H,10-11,14H2,1H3,(H,35,43)(H,36,44)(H,37,41)/b9-2+/t25-/m0/s1. The topological polar surface area (TPSA) is 166 Å². The molecule has 1 aromatic heterocycles. The summed E-state index contributed by atoms with van der Waals surface area (Å²) < 4.78 is 38.6. The number of carbonyl (C=O) groups excluding carboxylic acids is 4. The van der Waals surface area contributed by atoms with Gasteiger partial charge in [0.25, 0.3) is 0 Å². The number of halogens is 3. The molecule has 3 aromatic carbocycles. The highest BCUT2D eigenvalue weighted by atomic mass is 35.5.